The van der Waals surface area contributed by atoms with E-state index in [2.05, 4.69) is 15.3 Å². The van der Waals surface area contributed by atoms with E-state index < -0.39 is 12.6 Å². The highest BCUT2D eigenvalue weighted by Crippen LogP contribution is 2.19. The van der Waals surface area contributed by atoms with Crippen molar-refractivity contribution in [1.29, 1.82) is 0 Å². The maximum atomic E-state index is 12.1. The van der Waals surface area contributed by atoms with Crippen LogP contribution in [0.15, 0.2) is 12.4 Å². The number of nitrogens with one attached hydrogen (secondary N) is 1. The lowest BCUT2D eigenvalue weighted by molar-refractivity contribution is -0.137. The van der Waals surface area contributed by atoms with Crippen LogP contribution in [0.3, 0.4) is 0 Å². The Morgan fingerprint density at radius 3 is 2.53 bits per heavy atom. The van der Waals surface area contributed by atoms with Crippen LogP contribution in [0.25, 0.3) is 0 Å². The Kier molecular flexibility index (Phi) is 6.01. The van der Waals surface area contributed by atoms with Crippen LogP contribution in [0.1, 0.15) is 25.5 Å². The average Bonchev–Trinajstić information content (AvgIpc) is 2.35. The van der Waals surface area contributed by atoms with Crippen molar-refractivity contribution in [2.75, 3.05) is 25.5 Å². The topological polar surface area (TPSA) is 41.1 Å². The number of halogens is 3. The summed E-state index contributed by atoms with van der Waals surface area (Å²) in [6, 6.07) is 0. The molecule has 0 aliphatic carbocycles. The van der Waals surface area contributed by atoms with Crippen molar-refractivity contribution in [3.05, 3.63) is 18.1 Å². The van der Waals surface area contributed by atoms with E-state index in [0.29, 0.717) is 18.1 Å². The number of nitrogens with zero attached hydrogens (tertiary/aromatic N) is 3. The maximum Gasteiger partial charge on any atom is 0.390 e. The maximum absolute atomic E-state index is 12.1. The lowest BCUT2D eigenvalue weighted by atomic mass is 10.3. The normalized spacial score (nSPS) is 11.9. The van der Waals surface area contributed by atoms with Crippen molar-refractivity contribution in [1.82, 2.24) is 14.9 Å². The van der Waals surface area contributed by atoms with Gasteiger partial charge in [0.05, 0.1) is 24.5 Å². The lowest BCUT2D eigenvalue weighted by Gasteiger charge is -2.17. The Balaban J connectivity index is 2.40. The first-order valence-electron chi connectivity index (χ1n) is 6.21. The zero-order valence-electron chi connectivity index (χ0n) is 11.2. The fraction of sp³-hybridized carbons (Fsp3) is 0.667. The molecule has 0 fully saturated rings. The van der Waals surface area contributed by atoms with Crippen LogP contribution < -0.4 is 5.32 Å². The van der Waals surface area contributed by atoms with Crippen LogP contribution in [0.2, 0.25) is 0 Å². The van der Waals surface area contributed by atoms with E-state index in [9.17, 15) is 13.2 Å². The van der Waals surface area contributed by atoms with Crippen LogP contribution in [0.5, 0.6) is 0 Å². The van der Waals surface area contributed by atoms with Gasteiger partial charge in [0.2, 0.25) is 0 Å². The average molecular weight is 276 g/mol. The van der Waals surface area contributed by atoms with E-state index in [1.54, 1.807) is 24.3 Å². The van der Waals surface area contributed by atoms with Crippen molar-refractivity contribution >= 4 is 5.82 Å². The molecule has 0 bridgehead atoms. The summed E-state index contributed by atoms with van der Waals surface area (Å²) in [5.41, 5.74) is 0.659. The summed E-state index contributed by atoms with van der Waals surface area (Å²) in [5.74, 6) is 0.684. The van der Waals surface area contributed by atoms with Gasteiger partial charge in [-0.1, -0.05) is 6.92 Å². The lowest BCUT2D eigenvalue weighted by Crippen LogP contribution is -2.24. The van der Waals surface area contributed by atoms with Gasteiger partial charge in [-0.15, -0.1) is 0 Å². The number of hydrogen-bond acceptors (Lipinski definition) is 4. The molecule has 19 heavy (non-hydrogen) atoms. The third kappa shape index (κ3) is 6.95. The molecule has 0 spiro atoms. The molecule has 1 rings (SSSR count). The van der Waals surface area contributed by atoms with E-state index in [1.165, 1.54) is 0 Å². The summed E-state index contributed by atoms with van der Waals surface area (Å²) in [4.78, 5) is 9.90. The standard InChI is InChI=1S/C12H19F3N4/c1-3-5-16-11-8-17-10(7-18-11)9-19(2)6-4-12(13,14)15/h7-8H,3-6,9H2,1-2H3,(H,16,18). The molecule has 0 aromatic carbocycles. The van der Waals surface area contributed by atoms with Gasteiger partial charge >= 0.3 is 6.18 Å². The third-order valence-electron chi connectivity index (χ3n) is 2.47. The van der Waals surface area contributed by atoms with Gasteiger partial charge < -0.3 is 10.2 Å². The van der Waals surface area contributed by atoms with E-state index in [-0.39, 0.29) is 6.54 Å². The fourth-order valence-electron chi connectivity index (χ4n) is 1.45. The SMILES string of the molecule is CCCNc1cnc(CN(C)CCC(F)(F)F)cn1. The second-order valence-corrected chi connectivity index (χ2v) is 4.42. The van der Waals surface area contributed by atoms with Crippen LogP contribution in [0.4, 0.5) is 19.0 Å². The number of alkyl halides is 3. The van der Waals surface area contributed by atoms with E-state index in [0.717, 1.165) is 13.0 Å². The van der Waals surface area contributed by atoms with Crippen LogP contribution in [-0.4, -0.2) is 41.2 Å². The first-order valence-corrected chi connectivity index (χ1v) is 6.21. The van der Waals surface area contributed by atoms with Gasteiger partial charge in [-0.2, -0.15) is 13.2 Å². The first kappa shape index (κ1) is 15.7. The van der Waals surface area contributed by atoms with Gasteiger partial charge in [-0.3, -0.25) is 4.98 Å². The van der Waals surface area contributed by atoms with Gasteiger partial charge in [0, 0.05) is 19.6 Å². The summed E-state index contributed by atoms with van der Waals surface area (Å²) in [7, 11) is 1.64. The number of rotatable bonds is 7. The largest absolute Gasteiger partial charge is 0.390 e. The summed E-state index contributed by atoms with van der Waals surface area (Å²) < 4.78 is 36.2. The van der Waals surface area contributed by atoms with E-state index in [4.69, 9.17) is 0 Å². The molecule has 0 aliphatic rings. The molecule has 0 atom stereocenters. The molecule has 0 saturated heterocycles. The smallest absolute Gasteiger partial charge is 0.369 e. The second kappa shape index (κ2) is 7.28. The Labute approximate surface area is 111 Å². The quantitative estimate of drug-likeness (QED) is 0.831. The first-order chi connectivity index (χ1) is 8.90. The Morgan fingerprint density at radius 1 is 1.26 bits per heavy atom. The molecule has 0 saturated carbocycles. The van der Waals surface area contributed by atoms with Gasteiger partial charge in [0.25, 0.3) is 0 Å². The Morgan fingerprint density at radius 2 is 2.00 bits per heavy atom. The van der Waals surface area contributed by atoms with E-state index >= 15 is 0 Å². The molecule has 0 radical (unpaired) electrons. The zero-order chi connectivity index (χ0) is 14.3. The molecule has 108 valence electrons. The molecule has 0 unspecified atom stereocenters. The van der Waals surface area contributed by atoms with Crippen molar-refractivity contribution < 1.29 is 13.2 Å². The molecule has 0 aliphatic heterocycles. The molecule has 0 amide bonds. The van der Waals surface area contributed by atoms with Crippen molar-refractivity contribution in [2.45, 2.75) is 32.5 Å². The monoisotopic (exact) mass is 276 g/mol. The van der Waals surface area contributed by atoms with Crippen molar-refractivity contribution in [2.24, 2.45) is 0 Å². The van der Waals surface area contributed by atoms with Crippen molar-refractivity contribution in [3.63, 3.8) is 0 Å². The van der Waals surface area contributed by atoms with Gasteiger partial charge in [0.1, 0.15) is 5.82 Å². The van der Waals surface area contributed by atoms with Gasteiger partial charge in [-0.05, 0) is 13.5 Å². The predicted molar refractivity (Wildman–Crippen MR) is 67.8 cm³/mol. The molecule has 1 aromatic rings. The number of aromatic nitrogens is 2. The van der Waals surface area contributed by atoms with Crippen LogP contribution in [-0.2, 0) is 6.54 Å². The highest BCUT2D eigenvalue weighted by Gasteiger charge is 2.27. The number of anilines is 1. The van der Waals surface area contributed by atoms with E-state index in [1.807, 2.05) is 6.92 Å². The minimum absolute atomic E-state index is 0.0407. The minimum atomic E-state index is -4.12. The fourth-order valence-corrected chi connectivity index (χ4v) is 1.45. The molecular weight excluding hydrogens is 257 g/mol. The van der Waals surface area contributed by atoms with Crippen LogP contribution >= 0.6 is 0 Å². The molecular formula is C12H19F3N4. The summed E-state index contributed by atoms with van der Waals surface area (Å²) in [5, 5.41) is 3.08. The summed E-state index contributed by atoms with van der Waals surface area (Å²) in [6.45, 7) is 3.18. The minimum Gasteiger partial charge on any atom is -0.369 e. The molecule has 1 N–H and O–H groups in total. The summed E-state index contributed by atoms with van der Waals surface area (Å²) >= 11 is 0. The zero-order valence-corrected chi connectivity index (χ0v) is 11.2. The highest BCUT2D eigenvalue weighted by atomic mass is 19.4. The molecule has 1 aromatic heterocycles. The Hall–Kier alpha value is -1.37. The predicted octanol–water partition coefficient (Wildman–Crippen LogP) is 2.68. The third-order valence-corrected chi connectivity index (χ3v) is 2.47. The van der Waals surface area contributed by atoms with Gasteiger partial charge in [0.15, 0.2) is 0 Å². The molecule has 4 nitrogen and oxygen atoms in total. The highest BCUT2D eigenvalue weighted by molar-refractivity contribution is 5.30. The molecule has 1 heterocycles. The van der Waals surface area contributed by atoms with Crippen molar-refractivity contribution in [3.8, 4) is 0 Å². The number of hydrogen-bond donors (Lipinski definition) is 1. The second-order valence-electron chi connectivity index (χ2n) is 4.42. The van der Waals surface area contributed by atoms with Crippen LogP contribution in [0, 0.1) is 0 Å². The molecule has 7 heteroatoms. The Bertz CT molecular complexity index is 364. The summed E-state index contributed by atoms with van der Waals surface area (Å²) in [6.07, 6.45) is -0.755. The van der Waals surface area contributed by atoms with Gasteiger partial charge in [-0.25, -0.2) is 4.98 Å².